The second-order valence-electron chi connectivity index (χ2n) is 4.24. The van der Waals surface area contributed by atoms with Gasteiger partial charge in [-0.1, -0.05) is 6.92 Å². The van der Waals surface area contributed by atoms with Crippen LogP contribution in [-0.2, 0) is 6.42 Å². The average molecular weight is 248 g/mol. The van der Waals surface area contributed by atoms with Gasteiger partial charge in [0.25, 0.3) is 0 Å². The fraction of sp³-hybridized carbons (Fsp3) is 0.571. The summed E-state index contributed by atoms with van der Waals surface area (Å²) in [5.74, 6) is 0.908. The Morgan fingerprint density at radius 3 is 2.83 bits per heavy atom. The first-order chi connectivity index (χ1) is 8.77. The molecular weight excluding hydrogens is 224 g/mol. The van der Waals surface area contributed by atoms with Crippen LogP contribution in [0.25, 0.3) is 0 Å². The second kappa shape index (κ2) is 8.50. The van der Waals surface area contributed by atoms with E-state index in [0.717, 1.165) is 38.4 Å². The van der Waals surface area contributed by atoms with Crippen molar-refractivity contribution < 1.29 is 0 Å². The molecule has 18 heavy (non-hydrogen) atoms. The maximum atomic E-state index is 4.47. The van der Waals surface area contributed by atoms with Crippen molar-refractivity contribution in [1.29, 1.82) is 0 Å². The highest BCUT2D eigenvalue weighted by Gasteiger charge is 1.99. The molecule has 4 heteroatoms. The molecule has 1 aromatic heterocycles. The molecule has 0 aliphatic rings. The Bertz CT molecular complexity index is 374. The largest absolute Gasteiger partial charge is 0.357 e. The van der Waals surface area contributed by atoms with E-state index in [4.69, 9.17) is 0 Å². The summed E-state index contributed by atoms with van der Waals surface area (Å²) in [6.45, 7) is 8.95. The summed E-state index contributed by atoms with van der Waals surface area (Å²) < 4.78 is 0. The quantitative estimate of drug-likeness (QED) is 0.597. The van der Waals surface area contributed by atoms with Crippen molar-refractivity contribution in [2.24, 2.45) is 4.99 Å². The number of pyridine rings is 1. The lowest BCUT2D eigenvalue weighted by molar-refractivity contribution is 0.790. The molecule has 0 aliphatic carbocycles. The van der Waals surface area contributed by atoms with Crippen LogP contribution in [0.4, 0.5) is 0 Å². The van der Waals surface area contributed by atoms with Gasteiger partial charge in [0.05, 0.1) is 0 Å². The molecule has 1 rings (SSSR count). The molecule has 0 spiro atoms. The highest BCUT2D eigenvalue weighted by atomic mass is 15.2. The van der Waals surface area contributed by atoms with Gasteiger partial charge in [-0.25, -0.2) is 0 Å². The van der Waals surface area contributed by atoms with Gasteiger partial charge in [0.2, 0.25) is 0 Å². The minimum atomic E-state index is 0.865. The van der Waals surface area contributed by atoms with Gasteiger partial charge in [0.15, 0.2) is 5.96 Å². The molecular formula is C14H24N4. The van der Waals surface area contributed by atoms with Gasteiger partial charge in [0, 0.05) is 32.0 Å². The van der Waals surface area contributed by atoms with Crippen LogP contribution in [0.15, 0.2) is 23.5 Å². The monoisotopic (exact) mass is 248 g/mol. The van der Waals surface area contributed by atoms with Gasteiger partial charge < -0.3 is 10.6 Å². The molecule has 100 valence electrons. The van der Waals surface area contributed by atoms with Crippen LogP contribution in [-0.4, -0.2) is 30.6 Å². The van der Waals surface area contributed by atoms with E-state index < -0.39 is 0 Å². The number of rotatable bonds is 6. The Hall–Kier alpha value is -1.58. The molecule has 1 heterocycles. The summed E-state index contributed by atoms with van der Waals surface area (Å²) in [7, 11) is 0. The molecule has 0 bridgehead atoms. The lowest BCUT2D eigenvalue weighted by Crippen LogP contribution is -2.38. The third-order valence-electron chi connectivity index (χ3n) is 2.66. The van der Waals surface area contributed by atoms with Crippen LogP contribution >= 0.6 is 0 Å². The summed E-state index contributed by atoms with van der Waals surface area (Å²) in [4.78, 5) is 8.57. The van der Waals surface area contributed by atoms with Crippen molar-refractivity contribution in [2.75, 3.05) is 19.6 Å². The zero-order valence-electron chi connectivity index (χ0n) is 11.7. The molecule has 0 atom stereocenters. The second-order valence-corrected chi connectivity index (χ2v) is 4.24. The summed E-state index contributed by atoms with van der Waals surface area (Å²) in [6.07, 6.45) is 5.81. The SMILES string of the molecule is CCCN=C(NCC)NCCc1ccncc1C. The molecule has 0 fully saturated rings. The molecule has 0 unspecified atom stereocenters. The summed E-state index contributed by atoms with van der Waals surface area (Å²) in [5.41, 5.74) is 2.58. The van der Waals surface area contributed by atoms with E-state index >= 15 is 0 Å². The van der Waals surface area contributed by atoms with Gasteiger partial charge in [0.1, 0.15) is 0 Å². The number of aliphatic imine (C=N–C) groups is 1. The smallest absolute Gasteiger partial charge is 0.191 e. The number of hydrogen-bond donors (Lipinski definition) is 2. The molecule has 0 amide bonds. The number of aryl methyl sites for hydroxylation is 1. The van der Waals surface area contributed by atoms with Crippen LogP contribution in [0, 0.1) is 6.92 Å². The van der Waals surface area contributed by atoms with E-state index in [-0.39, 0.29) is 0 Å². The molecule has 0 aliphatic heterocycles. The number of nitrogens with one attached hydrogen (secondary N) is 2. The van der Waals surface area contributed by atoms with Crippen LogP contribution in [0.5, 0.6) is 0 Å². The Kier molecular flexibility index (Phi) is 6.84. The predicted octanol–water partition coefficient (Wildman–Crippen LogP) is 1.90. The Labute approximate surface area is 110 Å². The molecule has 0 radical (unpaired) electrons. The van der Waals surface area contributed by atoms with E-state index in [2.05, 4.69) is 47.4 Å². The first-order valence-electron chi connectivity index (χ1n) is 6.69. The minimum absolute atomic E-state index is 0.865. The fourth-order valence-electron chi connectivity index (χ4n) is 1.66. The summed E-state index contributed by atoms with van der Waals surface area (Å²) in [5, 5.41) is 6.59. The Balaban J connectivity index is 2.41. The first-order valence-corrected chi connectivity index (χ1v) is 6.69. The van der Waals surface area contributed by atoms with Gasteiger partial charge in [-0.15, -0.1) is 0 Å². The van der Waals surface area contributed by atoms with Gasteiger partial charge >= 0.3 is 0 Å². The van der Waals surface area contributed by atoms with E-state index in [9.17, 15) is 0 Å². The molecule has 0 saturated heterocycles. The van der Waals surface area contributed by atoms with Gasteiger partial charge in [-0.2, -0.15) is 0 Å². The van der Waals surface area contributed by atoms with Crippen molar-refractivity contribution >= 4 is 5.96 Å². The van der Waals surface area contributed by atoms with Crippen LogP contribution in [0.3, 0.4) is 0 Å². The molecule has 0 aromatic carbocycles. The van der Waals surface area contributed by atoms with Crippen molar-refractivity contribution in [2.45, 2.75) is 33.6 Å². The van der Waals surface area contributed by atoms with E-state index in [0.29, 0.717) is 0 Å². The molecule has 4 nitrogen and oxygen atoms in total. The first kappa shape index (κ1) is 14.5. The Morgan fingerprint density at radius 2 is 2.17 bits per heavy atom. The van der Waals surface area contributed by atoms with Crippen LogP contribution in [0.2, 0.25) is 0 Å². The maximum Gasteiger partial charge on any atom is 0.191 e. The van der Waals surface area contributed by atoms with E-state index in [1.54, 1.807) is 0 Å². The lowest BCUT2D eigenvalue weighted by atomic mass is 10.1. The van der Waals surface area contributed by atoms with Crippen molar-refractivity contribution in [3.8, 4) is 0 Å². The van der Waals surface area contributed by atoms with E-state index in [1.807, 2.05) is 12.4 Å². The fourth-order valence-corrected chi connectivity index (χ4v) is 1.66. The Morgan fingerprint density at radius 1 is 1.33 bits per heavy atom. The zero-order valence-corrected chi connectivity index (χ0v) is 11.7. The summed E-state index contributed by atoms with van der Waals surface area (Å²) >= 11 is 0. The van der Waals surface area contributed by atoms with Gasteiger partial charge in [-0.05, 0) is 43.9 Å². The predicted molar refractivity (Wildman–Crippen MR) is 77.0 cm³/mol. The van der Waals surface area contributed by atoms with E-state index in [1.165, 1.54) is 11.1 Å². The van der Waals surface area contributed by atoms with Crippen LogP contribution in [0.1, 0.15) is 31.4 Å². The lowest BCUT2D eigenvalue weighted by Gasteiger charge is -2.11. The number of aromatic nitrogens is 1. The maximum absolute atomic E-state index is 4.47. The third-order valence-corrected chi connectivity index (χ3v) is 2.66. The van der Waals surface area contributed by atoms with Crippen molar-refractivity contribution in [1.82, 2.24) is 15.6 Å². The topological polar surface area (TPSA) is 49.3 Å². The molecule has 2 N–H and O–H groups in total. The number of hydrogen-bond acceptors (Lipinski definition) is 2. The third kappa shape index (κ3) is 5.17. The highest BCUT2D eigenvalue weighted by Crippen LogP contribution is 2.04. The van der Waals surface area contributed by atoms with Crippen LogP contribution < -0.4 is 10.6 Å². The number of guanidine groups is 1. The average Bonchev–Trinajstić information content (AvgIpc) is 2.38. The van der Waals surface area contributed by atoms with Crippen molar-refractivity contribution in [3.05, 3.63) is 29.6 Å². The highest BCUT2D eigenvalue weighted by molar-refractivity contribution is 5.79. The number of nitrogens with zero attached hydrogens (tertiary/aromatic N) is 2. The van der Waals surface area contributed by atoms with Crippen molar-refractivity contribution in [3.63, 3.8) is 0 Å². The standard InChI is InChI=1S/C14H24N4/c1-4-8-17-14(16-5-2)18-10-7-13-6-9-15-11-12(13)3/h6,9,11H,4-5,7-8,10H2,1-3H3,(H2,16,17,18). The van der Waals surface area contributed by atoms with Gasteiger partial charge in [-0.3, -0.25) is 9.98 Å². The molecule has 1 aromatic rings. The normalized spacial score (nSPS) is 11.4. The zero-order chi connectivity index (χ0) is 13.2. The summed E-state index contributed by atoms with van der Waals surface area (Å²) in [6, 6.07) is 2.08. The molecule has 0 saturated carbocycles. The minimum Gasteiger partial charge on any atom is -0.357 e.